The van der Waals surface area contributed by atoms with E-state index >= 15 is 0 Å². The van der Waals surface area contributed by atoms with E-state index in [0.29, 0.717) is 0 Å². The first kappa shape index (κ1) is 37.7. The van der Waals surface area contributed by atoms with Gasteiger partial charge in [-0.25, -0.2) is 6.07 Å². The summed E-state index contributed by atoms with van der Waals surface area (Å²) in [5.41, 5.74) is 12.8. The number of fused-ring (bicyclic) bond motifs is 3. The second-order valence-electron chi connectivity index (χ2n) is 13.1. The molecule has 5 aromatic carbocycles. The molecule has 0 unspecified atom stereocenters. The van der Waals surface area contributed by atoms with E-state index in [2.05, 4.69) is 170 Å². The molecule has 44 heavy (non-hydrogen) atoms. The van der Waals surface area contributed by atoms with Crippen LogP contribution in [0.3, 0.4) is 0 Å². The zero-order valence-corrected chi connectivity index (χ0v) is 31.1. The van der Waals surface area contributed by atoms with Crippen LogP contribution in [0, 0.1) is 6.07 Å². The SMILES string of the molecule is CC(C)(C)c1[c-]c2c(cc1)-c1ccc(C(C)(C)C)cc1C2.CCc1cc[cH-]c1.[Cl-].[Cl-].[Zr+2]=[C](c1ccccc1)c1ccccc1. The van der Waals surface area contributed by atoms with Crippen LogP contribution in [0.25, 0.3) is 11.1 Å². The van der Waals surface area contributed by atoms with Crippen molar-refractivity contribution in [2.75, 3.05) is 0 Å². The van der Waals surface area contributed by atoms with E-state index in [0.717, 1.165) is 12.8 Å². The van der Waals surface area contributed by atoms with Crippen molar-refractivity contribution in [2.45, 2.75) is 72.1 Å². The van der Waals surface area contributed by atoms with Gasteiger partial charge < -0.3 is 24.8 Å². The number of benzene rings is 4. The van der Waals surface area contributed by atoms with Gasteiger partial charge in [0.05, 0.1) is 0 Å². The molecule has 0 aliphatic heterocycles. The Morgan fingerprint density at radius 3 is 1.75 bits per heavy atom. The van der Waals surface area contributed by atoms with Gasteiger partial charge in [0.2, 0.25) is 0 Å². The maximum atomic E-state index is 3.67. The van der Waals surface area contributed by atoms with E-state index < -0.39 is 0 Å². The Morgan fingerprint density at radius 2 is 1.30 bits per heavy atom. The monoisotopic (exact) mass is 696 g/mol. The van der Waals surface area contributed by atoms with E-state index in [1.165, 1.54) is 77.5 Å². The summed E-state index contributed by atoms with van der Waals surface area (Å²) >= 11 is 1.46. The summed E-state index contributed by atoms with van der Waals surface area (Å²) in [5, 5.41) is 0. The quantitative estimate of drug-likeness (QED) is 0.240. The van der Waals surface area contributed by atoms with Gasteiger partial charge in [-0.2, -0.15) is 47.5 Å². The third-order valence-electron chi connectivity index (χ3n) is 7.73. The minimum absolute atomic E-state index is 0. The van der Waals surface area contributed by atoms with Crippen molar-refractivity contribution in [2.24, 2.45) is 0 Å². The van der Waals surface area contributed by atoms with Crippen LogP contribution in [0.2, 0.25) is 0 Å². The number of hydrogen-bond acceptors (Lipinski definition) is 0. The predicted octanol–water partition coefficient (Wildman–Crippen LogP) is 4.43. The average Bonchev–Trinajstić information content (AvgIpc) is 3.65. The molecule has 0 atom stereocenters. The van der Waals surface area contributed by atoms with Gasteiger partial charge in [-0.1, -0.05) is 78.6 Å². The van der Waals surface area contributed by atoms with Crippen LogP contribution < -0.4 is 24.8 Å². The van der Waals surface area contributed by atoms with Crippen molar-refractivity contribution in [1.82, 2.24) is 0 Å². The van der Waals surface area contributed by atoms with Gasteiger partial charge in [0, 0.05) is 0 Å². The third-order valence-corrected chi connectivity index (χ3v) is 9.15. The molecule has 0 radical (unpaired) electrons. The molecule has 0 nitrogen and oxygen atoms in total. The standard InChI is InChI=1S/C21H25.C13H10.C7H9.2ClH.Zr/c1-20(2,3)16-7-9-18-14(12-16)11-15-13-17(21(4,5)6)8-10-19(15)18;1-3-7-12(8-4-1)11-13-9-5-2-6-10-13;1-2-7-5-3-4-6-7;;;/h7-10,12H,11H2,1-6H3;1-10H;3-6H,2H2,1H3;2*1H;/q-1;;-1;;;+2/p-2. The Kier molecular flexibility index (Phi) is 14.4. The van der Waals surface area contributed by atoms with Crippen molar-refractivity contribution >= 4 is 3.21 Å². The van der Waals surface area contributed by atoms with Gasteiger partial charge in [-0.3, -0.25) is 0 Å². The number of rotatable bonds is 3. The average molecular weight is 699 g/mol. The molecular weight excluding hydrogens is 655 g/mol. The Morgan fingerprint density at radius 1 is 0.727 bits per heavy atom. The molecule has 0 bridgehead atoms. The summed E-state index contributed by atoms with van der Waals surface area (Å²) in [6.07, 6.45) is 2.19. The van der Waals surface area contributed by atoms with Crippen LogP contribution in [0.5, 0.6) is 0 Å². The molecule has 1 aliphatic carbocycles. The van der Waals surface area contributed by atoms with Crippen LogP contribution in [0.4, 0.5) is 0 Å². The molecule has 0 fully saturated rings. The van der Waals surface area contributed by atoms with Crippen molar-refractivity contribution < 1.29 is 49.0 Å². The predicted molar refractivity (Wildman–Crippen MR) is 178 cm³/mol. The van der Waals surface area contributed by atoms with Crippen LogP contribution in [-0.2, 0) is 47.9 Å². The molecule has 1 aliphatic rings. The van der Waals surface area contributed by atoms with E-state index in [9.17, 15) is 0 Å². The van der Waals surface area contributed by atoms with Gasteiger partial charge in [-0.15, -0.1) is 11.1 Å². The van der Waals surface area contributed by atoms with Crippen LogP contribution in [0.15, 0.2) is 115 Å². The van der Waals surface area contributed by atoms with Gasteiger partial charge in [-0.05, 0) is 28.4 Å². The second kappa shape index (κ2) is 16.8. The van der Waals surface area contributed by atoms with Gasteiger partial charge >= 0.3 is 99.2 Å². The Bertz CT molecular complexity index is 1480. The number of hydrogen-bond donors (Lipinski definition) is 0. The van der Waals surface area contributed by atoms with Crippen LogP contribution >= 0.6 is 0 Å². The summed E-state index contributed by atoms with van der Waals surface area (Å²) in [7, 11) is 0. The summed E-state index contributed by atoms with van der Waals surface area (Å²) < 4.78 is 1.42. The fourth-order valence-electron chi connectivity index (χ4n) is 5.05. The molecule has 6 rings (SSSR count). The first-order valence-corrected chi connectivity index (χ1v) is 16.3. The number of halogens is 2. The number of aryl methyl sites for hydroxylation is 1. The van der Waals surface area contributed by atoms with E-state index in [1.54, 1.807) is 0 Å². The molecule has 3 heteroatoms. The summed E-state index contributed by atoms with van der Waals surface area (Å²) in [5.74, 6) is 0. The summed E-state index contributed by atoms with van der Waals surface area (Å²) in [6, 6.07) is 44.7. The minimum atomic E-state index is 0. The fourth-order valence-corrected chi connectivity index (χ4v) is 5.87. The molecule has 5 aromatic rings. The van der Waals surface area contributed by atoms with Crippen LogP contribution in [0.1, 0.15) is 87.4 Å². The molecule has 0 amide bonds. The first-order valence-electron chi connectivity index (χ1n) is 15.1. The first-order chi connectivity index (χ1) is 20.0. The third kappa shape index (κ3) is 10.0. The Balaban J connectivity index is 0.000000253. The molecule has 0 spiro atoms. The summed E-state index contributed by atoms with van der Waals surface area (Å²) in [6.45, 7) is 15.8. The molecule has 0 aromatic heterocycles. The molecule has 228 valence electrons. The second-order valence-corrected chi connectivity index (χ2v) is 14.3. The Hall–Kier alpha value is -2.44. The summed E-state index contributed by atoms with van der Waals surface area (Å²) in [4.78, 5) is 0. The van der Waals surface area contributed by atoms with Crippen LogP contribution in [-0.4, -0.2) is 3.21 Å². The van der Waals surface area contributed by atoms with E-state index in [-0.39, 0.29) is 35.6 Å². The topological polar surface area (TPSA) is 0 Å². The Labute approximate surface area is 293 Å². The molecule has 0 N–H and O–H groups in total. The van der Waals surface area contributed by atoms with Gasteiger partial charge in [0.1, 0.15) is 0 Å². The zero-order chi connectivity index (χ0) is 30.3. The van der Waals surface area contributed by atoms with Crippen molar-refractivity contribution in [3.63, 3.8) is 0 Å². The molecular formula is C41H44Cl2Zr-2. The maximum absolute atomic E-state index is 3.67. The normalized spacial score (nSPS) is 11.3. The van der Waals surface area contributed by atoms with Gasteiger partial charge in [0.25, 0.3) is 0 Å². The zero-order valence-electron chi connectivity index (χ0n) is 27.1. The molecule has 0 saturated carbocycles. The fraction of sp³-hybridized carbons (Fsp3) is 0.268. The van der Waals surface area contributed by atoms with E-state index in [1.807, 2.05) is 0 Å². The molecule has 0 heterocycles. The molecule has 0 saturated heterocycles. The van der Waals surface area contributed by atoms with Crippen molar-refractivity contribution in [1.29, 1.82) is 0 Å². The van der Waals surface area contributed by atoms with Crippen molar-refractivity contribution in [3.05, 3.63) is 160 Å². The van der Waals surface area contributed by atoms with Crippen molar-refractivity contribution in [3.8, 4) is 11.1 Å². The van der Waals surface area contributed by atoms with Gasteiger partial charge in [0.15, 0.2) is 0 Å². The van der Waals surface area contributed by atoms with E-state index in [4.69, 9.17) is 0 Å².